The molecule has 1 N–H and O–H groups in total. The first-order chi connectivity index (χ1) is 26.0. The van der Waals surface area contributed by atoms with E-state index in [1.165, 1.54) is 9.36 Å². The maximum atomic E-state index is 12.6. The van der Waals surface area contributed by atoms with Gasteiger partial charge >= 0.3 is 0 Å². The summed E-state index contributed by atoms with van der Waals surface area (Å²) in [5.74, 6) is 6.05. The third-order valence-electron chi connectivity index (χ3n) is 10.7. The molecule has 0 bridgehead atoms. The van der Waals surface area contributed by atoms with Crippen molar-refractivity contribution in [2.24, 2.45) is 23.7 Å². The van der Waals surface area contributed by atoms with Gasteiger partial charge in [-0.15, -0.1) is 12.4 Å². The Balaban J connectivity index is 0.000000144. The van der Waals surface area contributed by atoms with Crippen LogP contribution in [0.4, 0.5) is 5.82 Å². The quantitative estimate of drug-likeness (QED) is 0.248. The number of anilines is 1. The molecule has 7 aromatic rings. The highest BCUT2D eigenvalue weighted by Crippen LogP contribution is 2.58. The predicted molar refractivity (Wildman–Crippen MR) is 195 cm³/mol. The average molecular weight is 769 g/mol. The molecule has 19 heteroatoms. The fraction of sp³-hybridized carbons (Fsp3) is 0.343. The Labute approximate surface area is 316 Å². The van der Waals surface area contributed by atoms with Crippen molar-refractivity contribution in [2.45, 2.75) is 24.9 Å². The van der Waals surface area contributed by atoms with Crippen LogP contribution in [-0.4, -0.2) is 81.0 Å². The zero-order valence-corrected chi connectivity index (χ0v) is 29.9. The van der Waals surface area contributed by atoms with E-state index in [1.54, 1.807) is 61.3 Å². The van der Waals surface area contributed by atoms with E-state index in [-0.39, 0.29) is 42.5 Å². The standard InChI is InChI=1S/C20H16ClN7O2.C15H14N6O2.ClH/c21-11-3-5-23-16(6-11)27-8-13-14(9-27)18(13)19-25-17(30-26-19)10-28-20(29)12-2-1-4-22-15(12)7-24-28;22-15-8-2-1-3-17-11(8)6-18-21(15)7-12-19-14(20-23-12)13-9-4-16-5-10(9)13;/h1-7,13-14,18H,8-10H2;1-3,6,9-10,13,16H,4-5,7H2;1H/t13-,14+,18?;9-,10+,13?;. The van der Waals surface area contributed by atoms with E-state index in [1.807, 2.05) is 6.07 Å². The highest BCUT2D eigenvalue weighted by atomic mass is 35.5. The third kappa shape index (κ3) is 6.16. The Morgan fingerprint density at radius 1 is 0.722 bits per heavy atom. The summed E-state index contributed by atoms with van der Waals surface area (Å²) in [5.41, 5.74) is 0.712. The molecule has 17 nitrogen and oxygen atoms in total. The van der Waals surface area contributed by atoms with Crippen molar-refractivity contribution in [2.75, 3.05) is 31.1 Å². The number of pyridine rings is 3. The van der Waals surface area contributed by atoms with Crippen LogP contribution in [0.5, 0.6) is 0 Å². The van der Waals surface area contributed by atoms with Gasteiger partial charge in [0.15, 0.2) is 11.6 Å². The number of piperidine rings is 2. The Hall–Kier alpha value is -5.65. The van der Waals surface area contributed by atoms with E-state index in [0.717, 1.165) is 37.8 Å². The lowest BCUT2D eigenvalue weighted by Gasteiger charge is -2.20. The van der Waals surface area contributed by atoms with Crippen molar-refractivity contribution in [1.82, 2.24) is 60.1 Å². The second-order valence-corrected chi connectivity index (χ2v) is 14.2. The zero-order valence-electron chi connectivity index (χ0n) is 28.3. The number of nitrogens with zero attached hydrogens (tertiary/aromatic N) is 12. The van der Waals surface area contributed by atoms with Crippen LogP contribution in [0.15, 0.2) is 86.0 Å². The lowest BCUT2D eigenvalue weighted by atomic mass is 10.2. The molecule has 274 valence electrons. The minimum absolute atomic E-state index is 0. The van der Waals surface area contributed by atoms with E-state index in [0.29, 0.717) is 74.0 Å². The van der Waals surface area contributed by atoms with Gasteiger partial charge in [-0.05, 0) is 73.2 Å². The van der Waals surface area contributed by atoms with Crippen molar-refractivity contribution < 1.29 is 9.05 Å². The van der Waals surface area contributed by atoms with E-state index >= 15 is 0 Å². The molecule has 4 aliphatic rings. The maximum Gasteiger partial charge on any atom is 0.276 e. The minimum Gasteiger partial charge on any atom is -0.356 e. The number of rotatable bonds is 7. The molecule has 4 fully saturated rings. The van der Waals surface area contributed by atoms with Crippen molar-refractivity contribution in [3.05, 3.63) is 117 Å². The first kappa shape index (κ1) is 34.1. The lowest BCUT2D eigenvalue weighted by molar-refractivity contribution is 0.358. The largest absolute Gasteiger partial charge is 0.356 e. The minimum atomic E-state index is -0.228. The van der Waals surface area contributed by atoms with E-state index in [4.69, 9.17) is 20.6 Å². The van der Waals surface area contributed by atoms with Crippen LogP contribution in [0.2, 0.25) is 5.02 Å². The lowest BCUT2D eigenvalue weighted by Crippen LogP contribution is -2.24. The van der Waals surface area contributed by atoms with Gasteiger partial charge in [0.25, 0.3) is 11.1 Å². The molecule has 2 unspecified atom stereocenters. The topological polar surface area (TPSA) is 202 Å². The van der Waals surface area contributed by atoms with Gasteiger partial charge in [0.2, 0.25) is 11.8 Å². The van der Waals surface area contributed by atoms with Gasteiger partial charge in [0, 0.05) is 48.5 Å². The highest BCUT2D eigenvalue weighted by molar-refractivity contribution is 6.30. The second-order valence-electron chi connectivity index (χ2n) is 13.8. The molecule has 0 amide bonds. The number of aromatic nitrogens is 11. The molecule has 0 spiro atoms. The van der Waals surface area contributed by atoms with Gasteiger partial charge in [0.05, 0.1) is 34.2 Å². The predicted octanol–water partition coefficient (Wildman–Crippen LogP) is 2.70. The molecule has 2 aliphatic heterocycles. The summed E-state index contributed by atoms with van der Waals surface area (Å²) in [6, 6.07) is 10.6. The molecular formula is C35H31Cl2N13O4. The molecule has 2 saturated carbocycles. The highest BCUT2D eigenvalue weighted by Gasteiger charge is 2.59. The smallest absolute Gasteiger partial charge is 0.276 e. The maximum absolute atomic E-state index is 12.6. The number of hydrogen-bond donors (Lipinski definition) is 1. The van der Waals surface area contributed by atoms with Gasteiger partial charge in [-0.1, -0.05) is 21.9 Å². The van der Waals surface area contributed by atoms with Crippen molar-refractivity contribution >= 4 is 51.6 Å². The fourth-order valence-electron chi connectivity index (χ4n) is 7.92. The van der Waals surface area contributed by atoms with Crippen molar-refractivity contribution in [1.29, 1.82) is 0 Å². The SMILES string of the molecule is Cl.O=c1c2cccnc2cnn1Cc1nc(C2[C@H]3CN(c4cc(Cl)ccn4)C[C@@H]23)no1.O=c1c2cccnc2cnn1Cc1nc(C2[C@H]3CNC[C@@H]23)no1. The van der Waals surface area contributed by atoms with Crippen molar-refractivity contribution in [3.8, 4) is 0 Å². The van der Waals surface area contributed by atoms with Crippen LogP contribution in [0.1, 0.15) is 35.3 Å². The molecule has 54 heavy (non-hydrogen) atoms. The first-order valence-corrected chi connectivity index (χ1v) is 17.7. The second kappa shape index (κ2) is 13.6. The molecule has 2 saturated heterocycles. The summed E-state index contributed by atoms with van der Waals surface area (Å²) >= 11 is 6.08. The van der Waals surface area contributed by atoms with Crippen LogP contribution in [-0.2, 0) is 13.1 Å². The molecule has 0 aromatic carbocycles. The van der Waals surface area contributed by atoms with Gasteiger partial charge in [-0.2, -0.15) is 20.2 Å². The first-order valence-electron chi connectivity index (χ1n) is 17.3. The third-order valence-corrected chi connectivity index (χ3v) is 10.9. The number of halogens is 2. The van der Waals surface area contributed by atoms with Gasteiger partial charge in [0.1, 0.15) is 18.9 Å². The summed E-state index contributed by atoms with van der Waals surface area (Å²) in [5, 5.41) is 21.6. The molecule has 7 aromatic heterocycles. The molecule has 6 atom stereocenters. The molecule has 11 rings (SSSR count). The number of nitrogens with one attached hydrogen (secondary N) is 1. The Morgan fingerprint density at radius 3 is 1.80 bits per heavy atom. The van der Waals surface area contributed by atoms with Crippen LogP contribution >= 0.6 is 24.0 Å². The summed E-state index contributed by atoms with van der Waals surface area (Å²) < 4.78 is 13.4. The summed E-state index contributed by atoms with van der Waals surface area (Å²) in [7, 11) is 0. The van der Waals surface area contributed by atoms with Crippen molar-refractivity contribution in [3.63, 3.8) is 0 Å². The fourth-order valence-corrected chi connectivity index (χ4v) is 8.07. The number of fused-ring (bicyclic) bond motifs is 4. The average Bonchev–Trinajstić information content (AvgIpc) is 3.62. The summed E-state index contributed by atoms with van der Waals surface area (Å²) in [4.78, 5) is 48.9. The molecular weight excluding hydrogens is 737 g/mol. The van der Waals surface area contributed by atoms with Crippen LogP contribution in [0, 0.1) is 23.7 Å². The monoisotopic (exact) mass is 767 g/mol. The molecule has 2 aliphatic carbocycles. The Bertz CT molecular complexity index is 2610. The van der Waals surface area contributed by atoms with Gasteiger partial charge in [-0.3, -0.25) is 19.6 Å². The normalized spacial score (nSPS) is 23.4. The van der Waals surface area contributed by atoms with E-state index in [9.17, 15) is 9.59 Å². The molecule has 9 heterocycles. The van der Waals surface area contributed by atoms with Gasteiger partial charge in [-0.25, -0.2) is 14.3 Å². The van der Waals surface area contributed by atoms with E-state index in [2.05, 4.69) is 55.6 Å². The zero-order chi connectivity index (χ0) is 35.6. The Kier molecular flexibility index (Phi) is 8.62. The summed E-state index contributed by atoms with van der Waals surface area (Å²) in [6.07, 6.45) is 8.14. The molecule has 0 radical (unpaired) electrons. The summed E-state index contributed by atoms with van der Waals surface area (Å²) in [6.45, 7) is 4.15. The Morgan fingerprint density at radius 2 is 1.26 bits per heavy atom. The van der Waals surface area contributed by atoms with E-state index < -0.39 is 0 Å². The van der Waals surface area contributed by atoms with Crippen LogP contribution in [0.3, 0.4) is 0 Å². The van der Waals surface area contributed by atoms with Crippen LogP contribution in [0.25, 0.3) is 21.8 Å². The number of hydrogen-bond acceptors (Lipinski definition) is 15. The van der Waals surface area contributed by atoms with Gasteiger partial charge < -0.3 is 19.3 Å². The van der Waals surface area contributed by atoms with Crippen LogP contribution < -0.4 is 21.3 Å².